The third-order valence-electron chi connectivity index (χ3n) is 3.99. The summed E-state index contributed by atoms with van der Waals surface area (Å²) in [5.41, 5.74) is 12.1. The van der Waals surface area contributed by atoms with E-state index in [2.05, 4.69) is 50.5 Å². The third-order valence-corrected chi connectivity index (χ3v) is 5.02. The van der Waals surface area contributed by atoms with Gasteiger partial charge in [-0.05, 0) is 50.5 Å². The molecule has 0 spiro atoms. The third kappa shape index (κ3) is 2.23. The standard InChI is InChI=1S/C17H21N3S/c1-5-8-20-14-7-6-10(2)9-13(14)19-17(20)15-11(3)12(4)21-16(15)18/h6-7,9H,5,8,18H2,1-4H3. The van der Waals surface area contributed by atoms with Gasteiger partial charge in [0.2, 0.25) is 0 Å². The highest BCUT2D eigenvalue weighted by Crippen LogP contribution is 2.39. The molecule has 0 aliphatic rings. The highest BCUT2D eigenvalue weighted by Gasteiger charge is 2.19. The van der Waals surface area contributed by atoms with Crippen molar-refractivity contribution in [2.45, 2.75) is 40.7 Å². The maximum absolute atomic E-state index is 6.26. The van der Waals surface area contributed by atoms with Crippen LogP contribution in [0.2, 0.25) is 0 Å². The smallest absolute Gasteiger partial charge is 0.144 e. The van der Waals surface area contributed by atoms with Gasteiger partial charge >= 0.3 is 0 Å². The summed E-state index contributed by atoms with van der Waals surface area (Å²) in [7, 11) is 0. The van der Waals surface area contributed by atoms with Gasteiger partial charge in [0.15, 0.2) is 0 Å². The van der Waals surface area contributed by atoms with E-state index in [9.17, 15) is 0 Å². The fraction of sp³-hybridized carbons (Fsp3) is 0.353. The molecule has 2 N–H and O–H groups in total. The Morgan fingerprint density at radius 3 is 2.62 bits per heavy atom. The van der Waals surface area contributed by atoms with Crippen LogP contribution in [0.3, 0.4) is 0 Å². The monoisotopic (exact) mass is 299 g/mol. The Labute approximate surface area is 129 Å². The van der Waals surface area contributed by atoms with E-state index in [1.54, 1.807) is 11.3 Å². The van der Waals surface area contributed by atoms with E-state index < -0.39 is 0 Å². The second-order valence-electron chi connectivity index (χ2n) is 5.60. The van der Waals surface area contributed by atoms with Crippen molar-refractivity contribution in [3.8, 4) is 11.4 Å². The van der Waals surface area contributed by atoms with E-state index >= 15 is 0 Å². The molecule has 2 heterocycles. The van der Waals surface area contributed by atoms with Crippen molar-refractivity contribution in [3.63, 3.8) is 0 Å². The molecule has 21 heavy (non-hydrogen) atoms. The molecule has 0 atom stereocenters. The molecule has 0 aliphatic heterocycles. The Balaban J connectivity index is 2.33. The fourth-order valence-electron chi connectivity index (χ4n) is 2.81. The second-order valence-corrected chi connectivity index (χ2v) is 6.86. The number of aryl methyl sites for hydroxylation is 3. The van der Waals surface area contributed by atoms with Crippen molar-refractivity contribution in [2.24, 2.45) is 0 Å². The number of aromatic nitrogens is 2. The molecule has 3 nitrogen and oxygen atoms in total. The number of nitrogen functional groups attached to an aromatic ring is 1. The number of thiophene rings is 1. The zero-order valence-electron chi connectivity index (χ0n) is 13.0. The Hall–Kier alpha value is -1.81. The van der Waals surface area contributed by atoms with Gasteiger partial charge in [0, 0.05) is 11.4 Å². The number of benzene rings is 1. The lowest BCUT2D eigenvalue weighted by molar-refractivity contribution is 0.704. The van der Waals surface area contributed by atoms with Crippen LogP contribution in [0.4, 0.5) is 5.00 Å². The SMILES string of the molecule is CCCn1c(-c2c(N)sc(C)c2C)nc2cc(C)ccc21. The van der Waals surface area contributed by atoms with Crippen LogP contribution in [0.1, 0.15) is 29.3 Å². The van der Waals surface area contributed by atoms with Crippen LogP contribution >= 0.6 is 11.3 Å². The first-order valence-electron chi connectivity index (χ1n) is 7.35. The average Bonchev–Trinajstić information content (AvgIpc) is 2.88. The number of rotatable bonds is 3. The van der Waals surface area contributed by atoms with Gasteiger partial charge in [-0.25, -0.2) is 4.98 Å². The van der Waals surface area contributed by atoms with Crippen LogP contribution in [-0.2, 0) is 6.54 Å². The lowest BCUT2D eigenvalue weighted by Gasteiger charge is -2.08. The summed E-state index contributed by atoms with van der Waals surface area (Å²) < 4.78 is 2.31. The lowest BCUT2D eigenvalue weighted by atomic mass is 10.1. The first-order valence-corrected chi connectivity index (χ1v) is 8.17. The van der Waals surface area contributed by atoms with Crippen LogP contribution < -0.4 is 5.73 Å². The van der Waals surface area contributed by atoms with Crippen molar-refractivity contribution >= 4 is 27.4 Å². The molecule has 0 unspecified atom stereocenters. The summed E-state index contributed by atoms with van der Waals surface area (Å²) in [6, 6.07) is 6.46. The molecular weight excluding hydrogens is 278 g/mol. The van der Waals surface area contributed by atoms with E-state index in [1.807, 2.05) is 0 Å². The Morgan fingerprint density at radius 1 is 1.24 bits per heavy atom. The van der Waals surface area contributed by atoms with E-state index in [0.717, 1.165) is 34.9 Å². The van der Waals surface area contributed by atoms with Gasteiger partial charge in [-0.15, -0.1) is 11.3 Å². The average molecular weight is 299 g/mol. The van der Waals surface area contributed by atoms with E-state index in [0.29, 0.717) is 0 Å². The second kappa shape index (κ2) is 5.19. The molecule has 0 saturated heterocycles. The molecule has 0 saturated carbocycles. The minimum atomic E-state index is 0.870. The summed E-state index contributed by atoms with van der Waals surface area (Å²) in [5.74, 6) is 1.01. The van der Waals surface area contributed by atoms with Crippen LogP contribution in [0, 0.1) is 20.8 Å². The Kier molecular flexibility index (Phi) is 3.49. The van der Waals surface area contributed by atoms with Crippen molar-refractivity contribution in [3.05, 3.63) is 34.2 Å². The predicted molar refractivity (Wildman–Crippen MR) is 92.0 cm³/mol. The topological polar surface area (TPSA) is 43.8 Å². The van der Waals surface area contributed by atoms with Crippen molar-refractivity contribution < 1.29 is 0 Å². The maximum atomic E-state index is 6.26. The summed E-state index contributed by atoms with van der Waals surface area (Å²) in [6.07, 6.45) is 1.08. The first kappa shape index (κ1) is 14.1. The van der Waals surface area contributed by atoms with E-state index in [1.165, 1.54) is 21.5 Å². The quantitative estimate of drug-likeness (QED) is 0.763. The molecule has 0 fully saturated rings. The highest BCUT2D eigenvalue weighted by atomic mass is 32.1. The van der Waals surface area contributed by atoms with Gasteiger partial charge < -0.3 is 10.3 Å². The molecule has 0 aliphatic carbocycles. The number of anilines is 1. The summed E-state index contributed by atoms with van der Waals surface area (Å²) >= 11 is 1.65. The molecular formula is C17H21N3S. The van der Waals surface area contributed by atoms with Gasteiger partial charge in [0.1, 0.15) is 5.82 Å². The zero-order chi connectivity index (χ0) is 15.1. The number of nitrogens with two attached hydrogens (primary N) is 1. The number of imidazole rings is 1. The molecule has 0 bridgehead atoms. The van der Waals surface area contributed by atoms with E-state index in [-0.39, 0.29) is 0 Å². The van der Waals surface area contributed by atoms with E-state index in [4.69, 9.17) is 10.7 Å². The Bertz CT molecular complexity index is 811. The van der Waals surface area contributed by atoms with Crippen LogP contribution in [0.5, 0.6) is 0 Å². The minimum Gasteiger partial charge on any atom is -0.390 e. The summed E-state index contributed by atoms with van der Waals surface area (Å²) in [6.45, 7) is 9.52. The molecule has 3 rings (SSSR count). The zero-order valence-corrected chi connectivity index (χ0v) is 13.8. The number of fused-ring (bicyclic) bond motifs is 1. The van der Waals surface area contributed by atoms with Gasteiger partial charge in [-0.1, -0.05) is 13.0 Å². The molecule has 0 amide bonds. The van der Waals surface area contributed by atoms with Gasteiger partial charge in [-0.2, -0.15) is 0 Å². The molecule has 110 valence electrons. The number of nitrogens with zero attached hydrogens (tertiary/aromatic N) is 2. The van der Waals surface area contributed by atoms with Gasteiger partial charge in [-0.3, -0.25) is 0 Å². The maximum Gasteiger partial charge on any atom is 0.144 e. The highest BCUT2D eigenvalue weighted by molar-refractivity contribution is 7.16. The molecule has 2 aromatic heterocycles. The molecule has 0 radical (unpaired) electrons. The molecule has 4 heteroatoms. The molecule has 1 aromatic carbocycles. The Morgan fingerprint density at radius 2 is 2.00 bits per heavy atom. The van der Waals surface area contributed by atoms with Crippen LogP contribution in [0.15, 0.2) is 18.2 Å². The fourth-order valence-corrected chi connectivity index (χ4v) is 3.74. The predicted octanol–water partition coefficient (Wildman–Crippen LogP) is 4.68. The normalized spacial score (nSPS) is 11.4. The van der Waals surface area contributed by atoms with Crippen molar-refractivity contribution in [1.29, 1.82) is 0 Å². The first-order chi connectivity index (χ1) is 10.0. The van der Waals surface area contributed by atoms with Crippen LogP contribution in [0.25, 0.3) is 22.4 Å². The van der Waals surface area contributed by atoms with Gasteiger partial charge in [0.05, 0.1) is 21.6 Å². The number of hydrogen-bond donors (Lipinski definition) is 1. The summed E-state index contributed by atoms with van der Waals surface area (Å²) in [4.78, 5) is 6.16. The van der Waals surface area contributed by atoms with Crippen molar-refractivity contribution in [1.82, 2.24) is 9.55 Å². The summed E-state index contributed by atoms with van der Waals surface area (Å²) in [5, 5.41) is 0.870. The van der Waals surface area contributed by atoms with Crippen LogP contribution in [-0.4, -0.2) is 9.55 Å². The van der Waals surface area contributed by atoms with Crippen molar-refractivity contribution in [2.75, 3.05) is 5.73 Å². The minimum absolute atomic E-state index is 0.870. The largest absolute Gasteiger partial charge is 0.390 e. The molecule has 3 aromatic rings. The lowest BCUT2D eigenvalue weighted by Crippen LogP contribution is -2.01. The van der Waals surface area contributed by atoms with Gasteiger partial charge in [0.25, 0.3) is 0 Å². The number of hydrogen-bond acceptors (Lipinski definition) is 3.